The molecule has 2 aromatic carbocycles. The molecule has 0 fully saturated rings. The number of hydrogen-bond donors (Lipinski definition) is 2. The van der Waals surface area contributed by atoms with Gasteiger partial charge in [-0.15, -0.1) is 5.10 Å². The van der Waals surface area contributed by atoms with E-state index in [-0.39, 0.29) is 23.6 Å². The molecular formula is C21H21N9O2S. The highest BCUT2D eigenvalue weighted by Gasteiger charge is 2.13. The fourth-order valence-corrected chi connectivity index (χ4v) is 3.65. The summed E-state index contributed by atoms with van der Waals surface area (Å²) < 4.78 is 3.16. The molecule has 0 saturated heterocycles. The van der Waals surface area contributed by atoms with Gasteiger partial charge in [0.25, 0.3) is 5.91 Å². The van der Waals surface area contributed by atoms with E-state index in [1.165, 1.54) is 22.8 Å². The van der Waals surface area contributed by atoms with Crippen LogP contribution >= 0.6 is 11.8 Å². The standard InChI is InChI=1S/C21H21N9O2S/c1-14(15-5-9-18(10-6-15)30-13-22-12-23-30)24-20(32)16-3-7-17(8-4-16)25-19(31)11-33-21-26-27-28-29(21)2/h3-10,12-14H,11H2,1-2H3,(H,24,32)(H,25,31)/t14-/m0/s1. The molecule has 4 rings (SSSR count). The summed E-state index contributed by atoms with van der Waals surface area (Å²) in [5.74, 6) is -0.224. The number of rotatable bonds is 8. The van der Waals surface area contributed by atoms with Crippen LogP contribution in [0.2, 0.25) is 0 Å². The van der Waals surface area contributed by atoms with E-state index < -0.39 is 0 Å². The smallest absolute Gasteiger partial charge is 0.251 e. The lowest BCUT2D eigenvalue weighted by Crippen LogP contribution is -2.26. The molecule has 2 aromatic heterocycles. The van der Waals surface area contributed by atoms with Crippen LogP contribution in [0.25, 0.3) is 5.69 Å². The molecule has 0 saturated carbocycles. The average Bonchev–Trinajstić information content (AvgIpc) is 3.50. The van der Waals surface area contributed by atoms with Crippen LogP contribution in [0.15, 0.2) is 66.3 Å². The Morgan fingerprint density at radius 1 is 1.09 bits per heavy atom. The van der Waals surface area contributed by atoms with Crippen LogP contribution < -0.4 is 10.6 Å². The van der Waals surface area contributed by atoms with E-state index in [1.807, 2.05) is 31.2 Å². The maximum atomic E-state index is 12.6. The molecule has 0 spiro atoms. The molecule has 0 aliphatic carbocycles. The van der Waals surface area contributed by atoms with Crippen molar-refractivity contribution >= 4 is 29.3 Å². The topological polar surface area (TPSA) is 133 Å². The number of aromatic nitrogens is 7. The molecule has 12 heteroatoms. The van der Waals surface area contributed by atoms with Gasteiger partial charge in [-0.3, -0.25) is 9.59 Å². The van der Waals surface area contributed by atoms with Crippen molar-refractivity contribution in [1.29, 1.82) is 0 Å². The maximum absolute atomic E-state index is 12.6. The van der Waals surface area contributed by atoms with E-state index in [0.29, 0.717) is 16.4 Å². The van der Waals surface area contributed by atoms with E-state index in [1.54, 1.807) is 42.3 Å². The van der Waals surface area contributed by atoms with Gasteiger partial charge in [0.1, 0.15) is 12.7 Å². The van der Waals surface area contributed by atoms with Crippen LogP contribution in [-0.4, -0.2) is 52.5 Å². The van der Waals surface area contributed by atoms with Gasteiger partial charge >= 0.3 is 0 Å². The normalized spacial score (nSPS) is 11.7. The van der Waals surface area contributed by atoms with Gasteiger partial charge in [-0.2, -0.15) is 5.10 Å². The summed E-state index contributed by atoms with van der Waals surface area (Å²) in [5, 5.41) is 21.5. The number of carbonyl (C=O) groups excluding carboxylic acids is 2. The van der Waals surface area contributed by atoms with E-state index >= 15 is 0 Å². The van der Waals surface area contributed by atoms with Gasteiger partial charge in [0, 0.05) is 18.3 Å². The molecule has 11 nitrogen and oxygen atoms in total. The van der Waals surface area contributed by atoms with Gasteiger partial charge in [0.15, 0.2) is 0 Å². The van der Waals surface area contributed by atoms with Crippen molar-refractivity contribution in [2.24, 2.45) is 7.05 Å². The number of thioether (sulfide) groups is 1. The number of amides is 2. The fourth-order valence-electron chi connectivity index (χ4n) is 3.00. The van der Waals surface area contributed by atoms with Crippen molar-refractivity contribution in [1.82, 2.24) is 40.3 Å². The zero-order chi connectivity index (χ0) is 23.2. The minimum atomic E-state index is -0.203. The largest absolute Gasteiger partial charge is 0.346 e. The van der Waals surface area contributed by atoms with E-state index in [4.69, 9.17) is 0 Å². The molecule has 33 heavy (non-hydrogen) atoms. The number of nitrogens with zero attached hydrogens (tertiary/aromatic N) is 7. The average molecular weight is 464 g/mol. The first-order valence-corrected chi connectivity index (χ1v) is 11.0. The van der Waals surface area contributed by atoms with Crippen LogP contribution in [0.1, 0.15) is 28.9 Å². The summed E-state index contributed by atoms with van der Waals surface area (Å²) >= 11 is 1.24. The summed E-state index contributed by atoms with van der Waals surface area (Å²) in [6.07, 6.45) is 3.10. The monoisotopic (exact) mass is 463 g/mol. The SMILES string of the molecule is C[C@H](NC(=O)c1ccc(NC(=O)CSc2nnnn2C)cc1)c1ccc(-n2cncn2)cc1. The molecule has 0 bridgehead atoms. The summed E-state index contributed by atoms with van der Waals surface area (Å²) in [5.41, 5.74) is 2.95. The van der Waals surface area contributed by atoms with Crippen molar-refractivity contribution in [3.05, 3.63) is 72.3 Å². The number of anilines is 1. The predicted octanol–water partition coefficient (Wildman–Crippen LogP) is 2.01. The molecule has 0 radical (unpaired) electrons. The van der Waals surface area contributed by atoms with E-state index in [2.05, 4.69) is 36.2 Å². The second-order valence-electron chi connectivity index (χ2n) is 7.13. The maximum Gasteiger partial charge on any atom is 0.251 e. The van der Waals surface area contributed by atoms with Gasteiger partial charge in [-0.25, -0.2) is 14.3 Å². The molecule has 0 unspecified atom stereocenters. The zero-order valence-corrected chi connectivity index (χ0v) is 18.7. The molecule has 2 N–H and O–H groups in total. The van der Waals surface area contributed by atoms with Crippen LogP contribution in [0, 0.1) is 0 Å². The molecule has 168 valence electrons. The highest BCUT2D eigenvalue weighted by atomic mass is 32.2. The highest BCUT2D eigenvalue weighted by Crippen LogP contribution is 2.17. The van der Waals surface area contributed by atoms with Gasteiger partial charge in [-0.1, -0.05) is 23.9 Å². The molecule has 2 amide bonds. The predicted molar refractivity (Wildman–Crippen MR) is 122 cm³/mol. The van der Waals surface area contributed by atoms with Crippen molar-refractivity contribution in [3.63, 3.8) is 0 Å². The quantitative estimate of drug-likeness (QED) is 0.379. The number of benzene rings is 2. The molecule has 1 atom stereocenters. The minimum absolute atomic E-state index is 0.170. The third-order valence-corrected chi connectivity index (χ3v) is 5.78. The third kappa shape index (κ3) is 5.60. The first-order chi connectivity index (χ1) is 16.0. The summed E-state index contributed by atoms with van der Waals surface area (Å²) in [6.45, 7) is 1.92. The molecular weight excluding hydrogens is 442 g/mol. The molecule has 0 aliphatic heterocycles. The van der Waals surface area contributed by atoms with Crippen molar-refractivity contribution < 1.29 is 9.59 Å². The lowest BCUT2D eigenvalue weighted by molar-refractivity contribution is -0.113. The van der Waals surface area contributed by atoms with Crippen LogP contribution in [0.5, 0.6) is 0 Å². The minimum Gasteiger partial charge on any atom is -0.346 e. The Kier molecular flexibility index (Phi) is 6.74. The van der Waals surface area contributed by atoms with Crippen LogP contribution in [0.3, 0.4) is 0 Å². The van der Waals surface area contributed by atoms with Crippen molar-refractivity contribution in [3.8, 4) is 5.69 Å². The summed E-state index contributed by atoms with van der Waals surface area (Å²) in [6, 6.07) is 14.3. The molecule has 2 heterocycles. The first-order valence-electron chi connectivity index (χ1n) is 10.0. The van der Waals surface area contributed by atoms with Crippen molar-refractivity contribution in [2.45, 2.75) is 18.1 Å². The van der Waals surface area contributed by atoms with Crippen LogP contribution in [0.4, 0.5) is 5.69 Å². The van der Waals surface area contributed by atoms with Crippen LogP contribution in [-0.2, 0) is 11.8 Å². The van der Waals surface area contributed by atoms with Gasteiger partial charge in [-0.05, 0) is 59.3 Å². The Morgan fingerprint density at radius 2 is 1.85 bits per heavy atom. The summed E-state index contributed by atoms with van der Waals surface area (Å²) in [7, 11) is 1.71. The Morgan fingerprint density at radius 3 is 2.48 bits per heavy atom. The van der Waals surface area contributed by atoms with Crippen molar-refractivity contribution in [2.75, 3.05) is 11.1 Å². The highest BCUT2D eigenvalue weighted by molar-refractivity contribution is 7.99. The van der Waals surface area contributed by atoms with E-state index in [0.717, 1.165) is 11.3 Å². The molecule has 0 aliphatic rings. The van der Waals surface area contributed by atoms with Gasteiger partial charge in [0.2, 0.25) is 11.1 Å². The number of aryl methyl sites for hydroxylation is 1. The lowest BCUT2D eigenvalue weighted by atomic mass is 10.1. The fraction of sp³-hybridized carbons (Fsp3) is 0.190. The Balaban J connectivity index is 1.29. The second-order valence-corrected chi connectivity index (χ2v) is 8.07. The zero-order valence-electron chi connectivity index (χ0n) is 17.9. The van der Waals surface area contributed by atoms with Gasteiger partial charge in [0.05, 0.1) is 17.5 Å². The van der Waals surface area contributed by atoms with Gasteiger partial charge < -0.3 is 10.6 Å². The Bertz CT molecular complexity index is 1220. The Hall–Kier alpha value is -4.06. The summed E-state index contributed by atoms with van der Waals surface area (Å²) in [4.78, 5) is 28.7. The van der Waals surface area contributed by atoms with E-state index in [9.17, 15) is 9.59 Å². The first kappa shape index (κ1) is 22.1. The lowest BCUT2D eigenvalue weighted by Gasteiger charge is -2.15. The number of nitrogens with one attached hydrogen (secondary N) is 2. The molecule has 4 aromatic rings. The third-order valence-electron chi connectivity index (χ3n) is 4.77. The number of tetrazole rings is 1. The second kappa shape index (κ2) is 10.0. The number of hydrogen-bond acceptors (Lipinski definition) is 8. The number of carbonyl (C=O) groups is 2. The Labute approximate surface area is 193 Å².